The van der Waals surface area contributed by atoms with E-state index >= 15 is 0 Å². The predicted molar refractivity (Wildman–Crippen MR) is 126 cm³/mol. The number of benzene rings is 2. The smallest absolute Gasteiger partial charge is 0.261 e. The third-order valence-corrected chi connectivity index (χ3v) is 5.35. The van der Waals surface area contributed by atoms with Crippen LogP contribution in [0.25, 0.3) is 0 Å². The molecular formula is C21H21IN6O2. The van der Waals surface area contributed by atoms with E-state index in [0.717, 1.165) is 9.99 Å². The second-order valence-corrected chi connectivity index (χ2v) is 7.22. The van der Waals surface area contributed by atoms with Gasteiger partial charge >= 0.3 is 0 Å². The van der Waals surface area contributed by atoms with Crippen molar-refractivity contribution >= 4 is 51.7 Å². The van der Waals surface area contributed by atoms with Crippen molar-refractivity contribution in [1.29, 1.82) is 0 Å². The van der Waals surface area contributed by atoms with Gasteiger partial charge in [0, 0.05) is 35.3 Å². The zero-order valence-corrected chi connectivity index (χ0v) is 18.7. The van der Waals surface area contributed by atoms with Crippen molar-refractivity contribution in [3.05, 3.63) is 77.0 Å². The highest BCUT2D eigenvalue weighted by molar-refractivity contribution is 14.1. The standard InChI is InChI=1S/C21H21IN6O2/c1-24-18(23)14-5-7-15(8-6-14)20(29)27-19-17(12-25-28(19)2)21(30)26-16-9-3-13(11-22)4-10-16/h3-10,12H,11H2,1-2H3,(H2,23,24)(H,26,30)(H,27,29). The van der Waals surface area contributed by atoms with Crippen LogP contribution in [0.4, 0.5) is 11.5 Å². The fourth-order valence-corrected chi connectivity index (χ4v) is 3.24. The van der Waals surface area contributed by atoms with Gasteiger partial charge in [0.05, 0.1) is 6.20 Å². The van der Waals surface area contributed by atoms with Crippen molar-refractivity contribution < 1.29 is 9.59 Å². The number of carbonyl (C=O) groups is 2. The summed E-state index contributed by atoms with van der Waals surface area (Å²) < 4.78 is 2.34. The SMILES string of the molecule is CN=C(N)c1ccc(C(=O)Nc2c(C(=O)Nc3ccc(CI)cc3)cnn2C)cc1. The first-order valence-electron chi connectivity index (χ1n) is 9.05. The van der Waals surface area contributed by atoms with Crippen LogP contribution in [-0.4, -0.2) is 34.5 Å². The van der Waals surface area contributed by atoms with Gasteiger partial charge in [-0.25, -0.2) is 0 Å². The number of amidine groups is 1. The van der Waals surface area contributed by atoms with Crippen LogP contribution in [0.1, 0.15) is 31.8 Å². The molecule has 8 nitrogen and oxygen atoms in total. The molecule has 0 saturated carbocycles. The molecule has 0 fully saturated rings. The molecule has 4 N–H and O–H groups in total. The average Bonchev–Trinajstić information content (AvgIpc) is 3.14. The normalized spacial score (nSPS) is 11.2. The van der Waals surface area contributed by atoms with Gasteiger partial charge in [-0.3, -0.25) is 19.3 Å². The summed E-state index contributed by atoms with van der Waals surface area (Å²) in [6.07, 6.45) is 1.42. The molecule has 3 aromatic rings. The molecule has 0 aliphatic carbocycles. The largest absolute Gasteiger partial charge is 0.384 e. The number of nitrogens with one attached hydrogen (secondary N) is 2. The minimum atomic E-state index is -0.363. The fraction of sp³-hybridized carbons (Fsp3) is 0.143. The van der Waals surface area contributed by atoms with E-state index in [0.29, 0.717) is 22.9 Å². The number of carbonyl (C=O) groups excluding carboxylic acids is 2. The van der Waals surface area contributed by atoms with Crippen LogP contribution in [0.2, 0.25) is 0 Å². The number of nitrogens with zero attached hydrogens (tertiary/aromatic N) is 3. The van der Waals surface area contributed by atoms with Crippen molar-refractivity contribution in [2.45, 2.75) is 4.43 Å². The van der Waals surface area contributed by atoms with Gasteiger partial charge < -0.3 is 16.4 Å². The Labute approximate surface area is 187 Å². The van der Waals surface area contributed by atoms with Gasteiger partial charge in [-0.05, 0) is 29.8 Å². The molecule has 0 aliphatic heterocycles. The van der Waals surface area contributed by atoms with E-state index in [4.69, 9.17) is 5.73 Å². The Kier molecular flexibility index (Phi) is 6.83. The molecule has 3 rings (SSSR count). The summed E-state index contributed by atoms with van der Waals surface area (Å²) in [4.78, 5) is 29.3. The van der Waals surface area contributed by atoms with Gasteiger partial charge in [-0.1, -0.05) is 46.9 Å². The molecule has 0 aliphatic rings. The van der Waals surface area contributed by atoms with Gasteiger partial charge in [0.25, 0.3) is 11.8 Å². The first kappa shape index (κ1) is 21.5. The highest BCUT2D eigenvalue weighted by Gasteiger charge is 2.19. The summed E-state index contributed by atoms with van der Waals surface area (Å²) >= 11 is 2.28. The average molecular weight is 516 g/mol. The minimum absolute atomic E-state index is 0.266. The summed E-state index contributed by atoms with van der Waals surface area (Å²) in [5.74, 6) is -0.0281. The molecule has 30 heavy (non-hydrogen) atoms. The Morgan fingerprint density at radius 2 is 1.67 bits per heavy atom. The Morgan fingerprint density at radius 1 is 1.03 bits per heavy atom. The molecule has 2 aromatic carbocycles. The maximum atomic E-state index is 12.7. The molecule has 0 spiro atoms. The van der Waals surface area contributed by atoms with E-state index in [2.05, 4.69) is 43.3 Å². The van der Waals surface area contributed by atoms with E-state index in [1.54, 1.807) is 38.4 Å². The summed E-state index contributed by atoms with van der Waals surface area (Å²) in [6, 6.07) is 14.3. The van der Waals surface area contributed by atoms with E-state index in [9.17, 15) is 9.59 Å². The van der Waals surface area contributed by atoms with Crippen molar-refractivity contribution in [2.75, 3.05) is 17.7 Å². The molecule has 0 bridgehead atoms. The number of aliphatic imine (C=N–C) groups is 1. The lowest BCUT2D eigenvalue weighted by atomic mass is 10.1. The number of aromatic nitrogens is 2. The first-order valence-corrected chi connectivity index (χ1v) is 10.6. The number of amides is 2. The van der Waals surface area contributed by atoms with Crippen LogP contribution in [-0.2, 0) is 11.5 Å². The molecule has 0 saturated heterocycles. The van der Waals surface area contributed by atoms with Crippen molar-refractivity contribution in [2.24, 2.45) is 17.8 Å². The number of hydrogen-bond acceptors (Lipinski definition) is 4. The molecular weight excluding hydrogens is 495 g/mol. The van der Waals surface area contributed by atoms with Crippen LogP contribution >= 0.6 is 22.6 Å². The van der Waals surface area contributed by atoms with E-state index in [1.165, 1.54) is 16.4 Å². The zero-order chi connectivity index (χ0) is 21.7. The number of aryl methyl sites for hydroxylation is 1. The topological polar surface area (TPSA) is 114 Å². The first-order chi connectivity index (χ1) is 14.4. The minimum Gasteiger partial charge on any atom is -0.384 e. The van der Waals surface area contributed by atoms with Crippen molar-refractivity contribution in [1.82, 2.24) is 9.78 Å². The lowest BCUT2D eigenvalue weighted by molar-refractivity contribution is 0.102. The lowest BCUT2D eigenvalue weighted by Gasteiger charge is -2.10. The molecule has 154 valence electrons. The number of nitrogens with two attached hydrogens (primary N) is 1. The van der Waals surface area contributed by atoms with Gasteiger partial charge in [0.1, 0.15) is 17.2 Å². The number of rotatable bonds is 6. The molecule has 2 amide bonds. The van der Waals surface area contributed by atoms with Crippen LogP contribution in [0, 0.1) is 0 Å². The fourth-order valence-electron chi connectivity index (χ4n) is 2.73. The van der Waals surface area contributed by atoms with Crippen LogP contribution in [0.15, 0.2) is 59.7 Å². The molecule has 0 unspecified atom stereocenters. The highest BCUT2D eigenvalue weighted by atomic mass is 127. The van der Waals surface area contributed by atoms with Crippen molar-refractivity contribution in [3.8, 4) is 0 Å². The van der Waals surface area contributed by atoms with Gasteiger partial charge in [0.2, 0.25) is 0 Å². The lowest BCUT2D eigenvalue weighted by Crippen LogP contribution is -2.19. The molecule has 0 atom stereocenters. The predicted octanol–water partition coefficient (Wildman–Crippen LogP) is 3.19. The monoisotopic (exact) mass is 516 g/mol. The maximum absolute atomic E-state index is 12.7. The van der Waals surface area contributed by atoms with Crippen LogP contribution in [0.3, 0.4) is 0 Å². The van der Waals surface area contributed by atoms with Crippen molar-refractivity contribution in [3.63, 3.8) is 0 Å². The summed E-state index contributed by atoms with van der Waals surface area (Å²) in [5, 5.41) is 9.70. The van der Waals surface area contributed by atoms with E-state index in [1.807, 2.05) is 24.3 Å². The van der Waals surface area contributed by atoms with Crippen LogP contribution in [0.5, 0.6) is 0 Å². The Bertz CT molecular complexity index is 1090. The third kappa shape index (κ3) is 4.85. The molecule has 1 aromatic heterocycles. The molecule has 1 heterocycles. The van der Waals surface area contributed by atoms with Gasteiger partial charge in [-0.15, -0.1) is 0 Å². The van der Waals surface area contributed by atoms with Crippen LogP contribution < -0.4 is 16.4 Å². The van der Waals surface area contributed by atoms with Gasteiger partial charge in [0.15, 0.2) is 0 Å². The Hall–Kier alpha value is -3.21. The van der Waals surface area contributed by atoms with E-state index in [-0.39, 0.29) is 17.4 Å². The maximum Gasteiger partial charge on any atom is 0.261 e. The zero-order valence-electron chi connectivity index (χ0n) is 16.5. The number of halogens is 1. The number of hydrogen-bond donors (Lipinski definition) is 3. The third-order valence-electron chi connectivity index (χ3n) is 4.47. The Balaban J connectivity index is 1.76. The molecule has 0 radical (unpaired) electrons. The number of anilines is 2. The highest BCUT2D eigenvalue weighted by Crippen LogP contribution is 2.19. The second-order valence-electron chi connectivity index (χ2n) is 6.46. The second kappa shape index (κ2) is 9.53. The molecule has 9 heteroatoms. The number of alkyl halides is 1. The Morgan fingerprint density at radius 3 is 2.27 bits per heavy atom. The van der Waals surface area contributed by atoms with E-state index < -0.39 is 0 Å². The summed E-state index contributed by atoms with van der Waals surface area (Å²) in [5.41, 5.74) is 9.02. The summed E-state index contributed by atoms with van der Waals surface area (Å²) in [7, 11) is 3.26. The van der Waals surface area contributed by atoms with Gasteiger partial charge in [-0.2, -0.15) is 5.10 Å². The summed E-state index contributed by atoms with van der Waals surface area (Å²) in [6.45, 7) is 0. The quantitative estimate of drug-likeness (QED) is 0.202.